The molecule has 0 aromatic heterocycles. The monoisotopic (exact) mass is 505 g/mol. The minimum Gasteiger partial charge on any atom is -0.484 e. The molecule has 3 N–H and O–H groups in total. The molecule has 0 spiro atoms. The largest absolute Gasteiger partial charge is 0.484 e. The van der Waals surface area contributed by atoms with Crippen LogP contribution >= 0.6 is 24.0 Å². The fourth-order valence-corrected chi connectivity index (χ4v) is 2.58. The number of nitrogens with one attached hydrogen (secondary N) is 1. The zero-order valence-electron chi connectivity index (χ0n) is 16.7. The third-order valence-corrected chi connectivity index (χ3v) is 4.25. The van der Waals surface area contributed by atoms with Crippen LogP contribution in [-0.4, -0.2) is 81.8 Å². The molecule has 0 radical (unpaired) electrons. The van der Waals surface area contributed by atoms with Crippen molar-refractivity contribution < 1.29 is 14.3 Å². The van der Waals surface area contributed by atoms with Crippen LogP contribution in [0.15, 0.2) is 29.3 Å². The predicted molar refractivity (Wildman–Crippen MR) is 121 cm³/mol. The summed E-state index contributed by atoms with van der Waals surface area (Å²) in [6.45, 7) is 5.96. The van der Waals surface area contributed by atoms with Crippen LogP contribution in [0.25, 0.3) is 0 Å². The molecule has 0 aliphatic carbocycles. The van der Waals surface area contributed by atoms with Gasteiger partial charge in [0.1, 0.15) is 5.75 Å². The average molecular weight is 505 g/mol. The van der Waals surface area contributed by atoms with Crippen LogP contribution in [-0.2, 0) is 16.1 Å². The number of nitrogens with two attached hydrogens (primary N) is 1. The number of halogens is 1. The molecule has 2 rings (SSSR count). The Balaban J connectivity index is 0.00000392. The summed E-state index contributed by atoms with van der Waals surface area (Å²) in [6, 6.07) is 7.53. The first-order chi connectivity index (χ1) is 13.0. The molecule has 0 bridgehead atoms. The van der Waals surface area contributed by atoms with Gasteiger partial charge >= 0.3 is 0 Å². The standard InChI is InChI=1S/C19H31N5O3.HI/c1-23(2)18(25)15-27-17-6-3-5-16(13-17)14-22-19(20)21-7-4-8-24-9-11-26-12-10-24;/h3,5-6,13H,4,7-12,14-15H2,1-2H3,(H3,20,21,22);1H. The van der Waals surface area contributed by atoms with E-state index in [1.54, 1.807) is 14.1 Å². The summed E-state index contributed by atoms with van der Waals surface area (Å²) in [4.78, 5) is 19.8. The fraction of sp³-hybridized carbons (Fsp3) is 0.579. The number of aliphatic imine (C=N–C) groups is 1. The Morgan fingerprint density at radius 3 is 2.82 bits per heavy atom. The van der Waals surface area contributed by atoms with E-state index in [9.17, 15) is 4.79 Å². The highest BCUT2D eigenvalue weighted by molar-refractivity contribution is 14.0. The van der Waals surface area contributed by atoms with Crippen molar-refractivity contribution in [3.05, 3.63) is 29.8 Å². The van der Waals surface area contributed by atoms with E-state index in [-0.39, 0.29) is 36.5 Å². The van der Waals surface area contributed by atoms with Gasteiger partial charge in [0.2, 0.25) is 0 Å². The second kappa shape index (κ2) is 13.6. The average Bonchev–Trinajstić information content (AvgIpc) is 2.69. The van der Waals surface area contributed by atoms with Crippen molar-refractivity contribution >= 4 is 35.8 Å². The smallest absolute Gasteiger partial charge is 0.259 e. The van der Waals surface area contributed by atoms with Crippen LogP contribution in [0.4, 0.5) is 0 Å². The van der Waals surface area contributed by atoms with Crippen molar-refractivity contribution in [3.63, 3.8) is 0 Å². The highest BCUT2D eigenvalue weighted by atomic mass is 127. The molecule has 1 fully saturated rings. The van der Waals surface area contributed by atoms with Crippen LogP contribution in [0.2, 0.25) is 0 Å². The number of guanidine groups is 1. The first-order valence-corrected chi connectivity index (χ1v) is 9.30. The lowest BCUT2D eigenvalue weighted by Gasteiger charge is -2.26. The Hall–Kier alpha value is -1.59. The maximum absolute atomic E-state index is 11.6. The summed E-state index contributed by atoms with van der Waals surface area (Å²) < 4.78 is 10.9. The Kier molecular flexibility index (Phi) is 11.8. The van der Waals surface area contributed by atoms with Gasteiger partial charge in [-0.05, 0) is 30.7 Å². The second-order valence-corrected chi connectivity index (χ2v) is 6.66. The molecule has 0 atom stereocenters. The number of ether oxygens (including phenoxy) is 2. The molecule has 1 aliphatic heterocycles. The van der Waals surface area contributed by atoms with E-state index in [2.05, 4.69) is 15.2 Å². The van der Waals surface area contributed by atoms with Crippen LogP contribution < -0.4 is 15.8 Å². The van der Waals surface area contributed by atoms with Crippen LogP contribution in [0, 0.1) is 0 Å². The quantitative estimate of drug-likeness (QED) is 0.224. The molecule has 1 amide bonds. The van der Waals surface area contributed by atoms with Crippen molar-refractivity contribution in [1.29, 1.82) is 0 Å². The van der Waals surface area contributed by atoms with Gasteiger partial charge in [-0.3, -0.25) is 9.69 Å². The molecule has 1 aliphatic rings. The van der Waals surface area contributed by atoms with E-state index in [0.717, 1.165) is 51.4 Å². The first-order valence-electron chi connectivity index (χ1n) is 9.30. The minimum atomic E-state index is -0.0797. The third-order valence-electron chi connectivity index (χ3n) is 4.25. The van der Waals surface area contributed by atoms with Crippen LogP contribution in [0.3, 0.4) is 0 Å². The van der Waals surface area contributed by atoms with E-state index >= 15 is 0 Å². The molecular formula is C19H32IN5O3. The van der Waals surface area contributed by atoms with E-state index < -0.39 is 0 Å². The summed E-state index contributed by atoms with van der Waals surface area (Å²) in [5.74, 6) is 1.00. The number of carbonyl (C=O) groups is 1. The maximum atomic E-state index is 11.6. The lowest BCUT2D eigenvalue weighted by Crippen LogP contribution is -2.39. The van der Waals surface area contributed by atoms with Gasteiger partial charge in [-0.15, -0.1) is 24.0 Å². The van der Waals surface area contributed by atoms with Gasteiger partial charge < -0.3 is 25.4 Å². The number of amides is 1. The molecular weight excluding hydrogens is 473 g/mol. The summed E-state index contributed by atoms with van der Waals surface area (Å²) in [7, 11) is 3.40. The van der Waals surface area contributed by atoms with Gasteiger partial charge in [0, 0.05) is 33.7 Å². The van der Waals surface area contributed by atoms with E-state index in [1.165, 1.54) is 4.90 Å². The Bertz CT molecular complexity index is 621. The van der Waals surface area contributed by atoms with Crippen molar-refractivity contribution in [3.8, 4) is 5.75 Å². The fourth-order valence-electron chi connectivity index (χ4n) is 2.58. The molecule has 1 saturated heterocycles. The van der Waals surface area contributed by atoms with E-state index in [0.29, 0.717) is 18.3 Å². The van der Waals surface area contributed by atoms with Gasteiger partial charge in [-0.1, -0.05) is 12.1 Å². The Morgan fingerprint density at radius 2 is 2.11 bits per heavy atom. The first kappa shape index (κ1) is 24.4. The summed E-state index contributed by atoms with van der Waals surface area (Å²) in [5.41, 5.74) is 6.91. The normalized spacial score (nSPS) is 14.9. The van der Waals surface area contributed by atoms with E-state index in [4.69, 9.17) is 15.2 Å². The number of hydrogen-bond donors (Lipinski definition) is 2. The summed E-state index contributed by atoms with van der Waals surface area (Å²) in [5, 5.41) is 3.15. The molecule has 8 nitrogen and oxygen atoms in total. The van der Waals surface area contributed by atoms with Gasteiger partial charge in [0.15, 0.2) is 12.6 Å². The minimum absolute atomic E-state index is 0. The number of morpholine rings is 1. The Morgan fingerprint density at radius 1 is 1.36 bits per heavy atom. The molecule has 158 valence electrons. The topological polar surface area (TPSA) is 92.4 Å². The summed E-state index contributed by atoms with van der Waals surface area (Å²) in [6.07, 6.45) is 1.01. The molecule has 0 saturated carbocycles. The molecule has 1 aromatic rings. The zero-order valence-corrected chi connectivity index (χ0v) is 19.1. The molecule has 1 aromatic carbocycles. The highest BCUT2D eigenvalue weighted by Gasteiger charge is 2.09. The molecule has 0 unspecified atom stereocenters. The van der Waals surface area contributed by atoms with Crippen LogP contribution in [0.1, 0.15) is 12.0 Å². The van der Waals surface area contributed by atoms with Crippen LogP contribution in [0.5, 0.6) is 5.75 Å². The lowest BCUT2D eigenvalue weighted by atomic mass is 10.2. The highest BCUT2D eigenvalue weighted by Crippen LogP contribution is 2.14. The number of rotatable bonds is 9. The number of carbonyl (C=O) groups excluding carboxylic acids is 1. The number of hydrogen-bond acceptors (Lipinski definition) is 5. The van der Waals surface area contributed by atoms with E-state index in [1.807, 2.05) is 24.3 Å². The maximum Gasteiger partial charge on any atom is 0.259 e. The Labute approximate surface area is 184 Å². The van der Waals surface area contributed by atoms with Crippen molar-refractivity contribution in [2.45, 2.75) is 13.0 Å². The third kappa shape index (κ3) is 9.56. The second-order valence-electron chi connectivity index (χ2n) is 6.66. The van der Waals surface area contributed by atoms with Gasteiger partial charge in [-0.25, -0.2) is 4.99 Å². The van der Waals surface area contributed by atoms with Crippen molar-refractivity contribution in [2.75, 3.05) is 60.1 Å². The van der Waals surface area contributed by atoms with Gasteiger partial charge in [0.25, 0.3) is 5.91 Å². The number of likely N-dealkylation sites (N-methyl/N-ethyl adjacent to an activating group) is 1. The molecule has 28 heavy (non-hydrogen) atoms. The lowest BCUT2D eigenvalue weighted by molar-refractivity contribution is -0.130. The molecule has 9 heteroatoms. The number of nitrogens with zero attached hydrogens (tertiary/aromatic N) is 3. The zero-order chi connectivity index (χ0) is 19.5. The SMILES string of the molecule is CN(C)C(=O)COc1cccc(CN=C(N)NCCCN2CCOCC2)c1.I. The van der Waals surface area contributed by atoms with Gasteiger partial charge in [0.05, 0.1) is 19.8 Å². The van der Waals surface area contributed by atoms with Crippen molar-refractivity contribution in [1.82, 2.24) is 15.1 Å². The predicted octanol–water partition coefficient (Wildman–Crippen LogP) is 0.898. The summed E-state index contributed by atoms with van der Waals surface area (Å²) >= 11 is 0. The molecule has 1 heterocycles. The van der Waals surface area contributed by atoms with Gasteiger partial charge in [-0.2, -0.15) is 0 Å². The number of benzene rings is 1. The van der Waals surface area contributed by atoms with Crippen molar-refractivity contribution in [2.24, 2.45) is 10.7 Å².